The molecule has 0 aromatic heterocycles. The monoisotopic (exact) mass is 247 g/mol. The lowest BCUT2D eigenvalue weighted by molar-refractivity contribution is -0.137. The van der Waals surface area contributed by atoms with Crippen molar-refractivity contribution >= 4 is 11.5 Å². The van der Waals surface area contributed by atoms with Gasteiger partial charge in [-0.3, -0.25) is 4.79 Å². The molecule has 1 rings (SSSR count). The molecule has 0 unspecified atom stereocenters. The first-order valence-electron chi connectivity index (χ1n) is 4.91. The minimum absolute atomic E-state index is 0.0741. The van der Waals surface area contributed by atoms with Crippen LogP contribution in [0.1, 0.15) is 29.8 Å². The molecule has 0 radical (unpaired) electrons. The van der Waals surface area contributed by atoms with Gasteiger partial charge in [0, 0.05) is 5.56 Å². The van der Waals surface area contributed by atoms with Crippen LogP contribution in [0, 0.1) is 0 Å². The Morgan fingerprint density at radius 3 is 2.41 bits per heavy atom. The van der Waals surface area contributed by atoms with Crippen molar-refractivity contribution in [3.05, 3.63) is 23.3 Å². The number of nitrogen functional groups attached to an aromatic ring is 1. The third-order valence-electron chi connectivity index (χ3n) is 2.15. The van der Waals surface area contributed by atoms with Gasteiger partial charge in [-0.2, -0.15) is 13.2 Å². The Morgan fingerprint density at radius 2 is 2.00 bits per heavy atom. The van der Waals surface area contributed by atoms with E-state index in [9.17, 15) is 18.0 Å². The van der Waals surface area contributed by atoms with Crippen LogP contribution in [0.25, 0.3) is 0 Å². The second-order valence-corrected chi connectivity index (χ2v) is 3.42. The largest absolute Gasteiger partial charge is 0.492 e. The number of ketones is 1. The van der Waals surface area contributed by atoms with Gasteiger partial charge in [0.25, 0.3) is 0 Å². The van der Waals surface area contributed by atoms with Gasteiger partial charge in [0.05, 0.1) is 17.9 Å². The molecule has 1 aromatic carbocycles. The highest BCUT2D eigenvalue weighted by Crippen LogP contribution is 2.39. The van der Waals surface area contributed by atoms with Gasteiger partial charge in [0.15, 0.2) is 5.78 Å². The van der Waals surface area contributed by atoms with E-state index < -0.39 is 23.2 Å². The second-order valence-electron chi connectivity index (χ2n) is 3.42. The van der Waals surface area contributed by atoms with E-state index >= 15 is 0 Å². The number of anilines is 1. The van der Waals surface area contributed by atoms with Gasteiger partial charge in [0.1, 0.15) is 5.75 Å². The number of alkyl halides is 3. The molecule has 94 valence electrons. The van der Waals surface area contributed by atoms with E-state index in [-0.39, 0.29) is 17.9 Å². The third-order valence-corrected chi connectivity index (χ3v) is 2.15. The first-order valence-corrected chi connectivity index (χ1v) is 4.91. The summed E-state index contributed by atoms with van der Waals surface area (Å²) in [4.78, 5) is 11.1. The number of carbonyl (C=O) groups excluding carboxylic acids is 1. The molecule has 0 aliphatic carbocycles. The van der Waals surface area contributed by atoms with Gasteiger partial charge < -0.3 is 10.5 Å². The summed E-state index contributed by atoms with van der Waals surface area (Å²) in [6, 6.07) is 1.95. The molecule has 1 aromatic rings. The third kappa shape index (κ3) is 2.89. The topological polar surface area (TPSA) is 52.3 Å². The number of carbonyl (C=O) groups is 1. The number of nitrogens with two attached hydrogens (primary N) is 1. The highest BCUT2D eigenvalue weighted by Gasteiger charge is 2.35. The minimum Gasteiger partial charge on any atom is -0.492 e. The predicted octanol–water partition coefficient (Wildman–Crippen LogP) is 2.89. The highest BCUT2D eigenvalue weighted by atomic mass is 19.4. The van der Waals surface area contributed by atoms with Crippen molar-refractivity contribution in [2.24, 2.45) is 0 Å². The number of hydrogen-bond acceptors (Lipinski definition) is 3. The van der Waals surface area contributed by atoms with E-state index in [0.29, 0.717) is 0 Å². The molecule has 0 amide bonds. The molecule has 0 fully saturated rings. The Bertz CT molecular complexity index is 441. The molecular formula is C11H12F3NO2. The zero-order chi connectivity index (χ0) is 13.2. The minimum atomic E-state index is -4.61. The summed E-state index contributed by atoms with van der Waals surface area (Å²) in [6.45, 7) is 2.97. The molecule has 3 nitrogen and oxygen atoms in total. The van der Waals surface area contributed by atoms with Crippen LogP contribution in [-0.2, 0) is 6.18 Å². The molecule has 0 bridgehead atoms. The van der Waals surface area contributed by atoms with E-state index in [1.807, 2.05) is 0 Å². The van der Waals surface area contributed by atoms with Crippen LogP contribution >= 0.6 is 0 Å². The molecule has 0 spiro atoms. The number of benzene rings is 1. The van der Waals surface area contributed by atoms with Gasteiger partial charge in [0.2, 0.25) is 0 Å². The Labute approximate surface area is 96.4 Å². The Hall–Kier alpha value is -1.72. The number of hydrogen-bond donors (Lipinski definition) is 1. The molecule has 0 heterocycles. The van der Waals surface area contributed by atoms with Gasteiger partial charge in [-0.15, -0.1) is 0 Å². The van der Waals surface area contributed by atoms with Crippen LogP contribution in [0.5, 0.6) is 5.75 Å². The van der Waals surface area contributed by atoms with Crippen LogP contribution in [0.2, 0.25) is 0 Å². The highest BCUT2D eigenvalue weighted by molar-refractivity contribution is 5.95. The van der Waals surface area contributed by atoms with Crippen LogP contribution in [-0.4, -0.2) is 12.4 Å². The molecule has 6 heteroatoms. The molecule has 0 atom stereocenters. The van der Waals surface area contributed by atoms with E-state index in [4.69, 9.17) is 10.5 Å². The lowest BCUT2D eigenvalue weighted by Gasteiger charge is -2.15. The molecule has 0 saturated carbocycles. The maximum atomic E-state index is 12.7. The zero-order valence-electron chi connectivity index (χ0n) is 9.39. The summed E-state index contributed by atoms with van der Waals surface area (Å²) < 4.78 is 43.0. The summed E-state index contributed by atoms with van der Waals surface area (Å²) in [5.41, 5.74) is 3.75. The predicted molar refractivity (Wildman–Crippen MR) is 57.0 cm³/mol. The van der Waals surface area contributed by atoms with E-state index in [2.05, 4.69) is 0 Å². The SMILES string of the molecule is CCOc1cc(C(C)=O)cc(C(F)(F)F)c1N. The van der Waals surface area contributed by atoms with Crippen LogP contribution in [0.15, 0.2) is 12.1 Å². The number of rotatable bonds is 3. The van der Waals surface area contributed by atoms with Crippen molar-refractivity contribution in [3.8, 4) is 5.75 Å². The van der Waals surface area contributed by atoms with E-state index in [0.717, 1.165) is 6.07 Å². The normalized spacial score (nSPS) is 11.4. The van der Waals surface area contributed by atoms with Crippen molar-refractivity contribution < 1.29 is 22.7 Å². The molecule has 0 saturated heterocycles. The summed E-state index contributed by atoms with van der Waals surface area (Å²) in [6.07, 6.45) is -4.61. The van der Waals surface area contributed by atoms with Crippen molar-refractivity contribution in [2.75, 3.05) is 12.3 Å². The van der Waals surface area contributed by atoms with Crippen molar-refractivity contribution in [1.82, 2.24) is 0 Å². The Balaban J connectivity index is 3.43. The molecule has 17 heavy (non-hydrogen) atoms. The summed E-state index contributed by atoms with van der Waals surface area (Å²) in [7, 11) is 0. The van der Waals surface area contributed by atoms with Crippen LogP contribution in [0.4, 0.5) is 18.9 Å². The van der Waals surface area contributed by atoms with Gasteiger partial charge >= 0.3 is 6.18 Å². The molecule has 0 aliphatic heterocycles. The Morgan fingerprint density at radius 1 is 1.41 bits per heavy atom. The fourth-order valence-corrected chi connectivity index (χ4v) is 1.34. The molecular weight excluding hydrogens is 235 g/mol. The fourth-order valence-electron chi connectivity index (χ4n) is 1.34. The summed E-state index contributed by atoms with van der Waals surface area (Å²) in [5, 5.41) is 0. The average Bonchev–Trinajstić information content (AvgIpc) is 2.19. The lowest BCUT2D eigenvalue weighted by atomic mass is 10.0. The van der Waals surface area contributed by atoms with Crippen molar-refractivity contribution in [3.63, 3.8) is 0 Å². The van der Waals surface area contributed by atoms with Crippen molar-refractivity contribution in [1.29, 1.82) is 0 Å². The standard InChI is InChI=1S/C11H12F3NO2/c1-3-17-9-5-7(6(2)16)4-8(10(9)15)11(12,13)14/h4-5H,3,15H2,1-2H3. The van der Waals surface area contributed by atoms with E-state index in [1.54, 1.807) is 6.92 Å². The van der Waals surface area contributed by atoms with Crippen molar-refractivity contribution in [2.45, 2.75) is 20.0 Å². The average molecular weight is 247 g/mol. The maximum absolute atomic E-state index is 12.7. The number of halogens is 3. The zero-order valence-corrected chi connectivity index (χ0v) is 9.39. The lowest BCUT2D eigenvalue weighted by Crippen LogP contribution is -2.12. The summed E-state index contributed by atoms with van der Waals surface area (Å²) in [5.74, 6) is -0.594. The van der Waals surface area contributed by atoms with Gasteiger partial charge in [-0.05, 0) is 26.0 Å². The van der Waals surface area contributed by atoms with Crippen LogP contribution in [0.3, 0.4) is 0 Å². The van der Waals surface area contributed by atoms with Gasteiger partial charge in [-0.1, -0.05) is 0 Å². The van der Waals surface area contributed by atoms with Gasteiger partial charge in [-0.25, -0.2) is 0 Å². The Kier molecular flexibility index (Phi) is 3.65. The molecule has 0 aliphatic rings. The quantitative estimate of drug-likeness (QED) is 0.660. The van der Waals surface area contributed by atoms with Crippen LogP contribution < -0.4 is 10.5 Å². The van der Waals surface area contributed by atoms with E-state index in [1.165, 1.54) is 13.0 Å². The summed E-state index contributed by atoms with van der Waals surface area (Å²) >= 11 is 0. The second kappa shape index (κ2) is 4.65. The number of ether oxygens (including phenoxy) is 1. The fraction of sp³-hybridized carbons (Fsp3) is 0.364. The molecule has 2 N–H and O–H groups in total. The maximum Gasteiger partial charge on any atom is 0.418 e. The number of Topliss-reactive ketones (excluding diaryl/α,β-unsaturated/α-hetero) is 1. The first-order chi connectivity index (χ1) is 7.77. The smallest absolute Gasteiger partial charge is 0.418 e. The first kappa shape index (κ1) is 13.3.